The Morgan fingerprint density at radius 3 is 2.23 bits per heavy atom. The lowest BCUT2D eigenvalue weighted by molar-refractivity contribution is -0.137. The van der Waals surface area contributed by atoms with Gasteiger partial charge in [-0.05, 0) is 54.1 Å². The molecule has 0 fully saturated rings. The van der Waals surface area contributed by atoms with Crippen LogP contribution in [0.25, 0.3) is 11.3 Å². The summed E-state index contributed by atoms with van der Waals surface area (Å²) in [5.74, 6) is -0.247. The van der Waals surface area contributed by atoms with Gasteiger partial charge < -0.3 is 15.2 Å². The van der Waals surface area contributed by atoms with E-state index in [1.54, 1.807) is 48.7 Å². The molecular formula is C27H23F3N2O5S2. The average Bonchev–Trinajstić information content (AvgIpc) is 3.40. The number of hydrogen-bond acceptors (Lipinski definition) is 7. The number of rotatable bonds is 9. The highest BCUT2D eigenvalue weighted by molar-refractivity contribution is 7.91. The van der Waals surface area contributed by atoms with E-state index in [4.69, 9.17) is 4.74 Å². The van der Waals surface area contributed by atoms with Gasteiger partial charge in [0.1, 0.15) is 5.75 Å². The molecule has 0 aliphatic carbocycles. The van der Waals surface area contributed by atoms with Crippen LogP contribution in [0.4, 0.5) is 13.2 Å². The molecule has 0 aliphatic heterocycles. The van der Waals surface area contributed by atoms with Gasteiger partial charge >= 0.3 is 6.18 Å². The molecule has 39 heavy (non-hydrogen) atoms. The standard InChI is InChI=1S/C27H23F3N2O5S2/c1-2-39(35,36)22-13-7-17(8-14-22)23(15-33)31-25(34)19-5-3-18(4-6-19)24-16-38-26(32-24)37-21-11-9-20(10-12-21)27(28,29)30/h3-14,16,23,33H,2,15H2,1H3,(H,31,34). The number of nitrogens with zero attached hydrogens (tertiary/aromatic N) is 1. The second-order valence-corrected chi connectivity index (χ2v) is 11.5. The Morgan fingerprint density at radius 1 is 1.03 bits per heavy atom. The second kappa shape index (κ2) is 11.6. The van der Waals surface area contributed by atoms with E-state index in [9.17, 15) is 31.5 Å². The molecule has 204 valence electrons. The first-order chi connectivity index (χ1) is 18.5. The van der Waals surface area contributed by atoms with Crippen molar-refractivity contribution in [3.63, 3.8) is 0 Å². The molecule has 4 rings (SSSR count). The fourth-order valence-electron chi connectivity index (χ4n) is 3.59. The number of hydrogen-bond donors (Lipinski definition) is 2. The largest absolute Gasteiger partial charge is 0.431 e. The highest BCUT2D eigenvalue weighted by atomic mass is 32.2. The molecule has 1 unspecified atom stereocenters. The number of amides is 1. The van der Waals surface area contributed by atoms with Gasteiger partial charge in [-0.1, -0.05) is 42.5 Å². The third kappa shape index (κ3) is 6.83. The average molecular weight is 577 g/mol. The summed E-state index contributed by atoms with van der Waals surface area (Å²) in [6.45, 7) is 1.17. The topological polar surface area (TPSA) is 106 Å². The minimum atomic E-state index is -4.43. The number of nitrogens with one attached hydrogen (secondary N) is 1. The highest BCUT2D eigenvalue weighted by Gasteiger charge is 2.30. The van der Waals surface area contributed by atoms with Gasteiger partial charge in [0.15, 0.2) is 9.84 Å². The second-order valence-electron chi connectivity index (χ2n) is 8.38. The number of carbonyl (C=O) groups excluding carboxylic acids is 1. The van der Waals surface area contributed by atoms with Crippen LogP contribution in [-0.4, -0.2) is 36.8 Å². The molecule has 0 saturated carbocycles. The van der Waals surface area contributed by atoms with E-state index in [1.165, 1.54) is 35.6 Å². The smallest absolute Gasteiger partial charge is 0.416 e. The number of carbonyl (C=O) groups is 1. The highest BCUT2D eigenvalue weighted by Crippen LogP contribution is 2.33. The Kier molecular flexibility index (Phi) is 8.38. The lowest BCUT2D eigenvalue weighted by Crippen LogP contribution is -2.30. The zero-order chi connectivity index (χ0) is 28.2. The first-order valence-corrected chi connectivity index (χ1v) is 14.2. The quantitative estimate of drug-likeness (QED) is 0.258. The van der Waals surface area contributed by atoms with Crippen LogP contribution in [0.3, 0.4) is 0 Å². The maximum atomic E-state index is 12.8. The number of sulfone groups is 1. The van der Waals surface area contributed by atoms with Crippen LogP contribution >= 0.6 is 11.3 Å². The zero-order valence-corrected chi connectivity index (χ0v) is 22.1. The van der Waals surface area contributed by atoms with Gasteiger partial charge in [0.25, 0.3) is 11.1 Å². The fourth-order valence-corrected chi connectivity index (χ4v) is 5.17. The molecule has 1 atom stereocenters. The van der Waals surface area contributed by atoms with Gasteiger partial charge in [-0.2, -0.15) is 13.2 Å². The Morgan fingerprint density at radius 2 is 1.67 bits per heavy atom. The molecule has 0 radical (unpaired) electrons. The Balaban J connectivity index is 1.40. The lowest BCUT2D eigenvalue weighted by Gasteiger charge is -2.17. The van der Waals surface area contributed by atoms with Crippen molar-refractivity contribution in [2.45, 2.75) is 24.0 Å². The fraction of sp³-hybridized carbons (Fsp3) is 0.185. The van der Waals surface area contributed by atoms with Gasteiger partial charge in [-0.25, -0.2) is 13.4 Å². The first kappa shape index (κ1) is 28.3. The van der Waals surface area contributed by atoms with Crippen LogP contribution in [-0.2, 0) is 16.0 Å². The summed E-state index contributed by atoms with van der Waals surface area (Å²) in [7, 11) is -3.36. The molecule has 1 heterocycles. The molecule has 4 aromatic rings. The predicted molar refractivity (Wildman–Crippen MR) is 141 cm³/mol. The molecule has 12 heteroatoms. The summed E-state index contributed by atoms with van der Waals surface area (Å²) in [5.41, 5.74) is 1.37. The van der Waals surface area contributed by atoms with Crippen molar-refractivity contribution < 1.29 is 36.2 Å². The minimum Gasteiger partial charge on any atom is -0.431 e. The number of alkyl halides is 3. The summed E-state index contributed by atoms with van der Waals surface area (Å²) in [6.07, 6.45) is -4.43. The van der Waals surface area contributed by atoms with Crippen molar-refractivity contribution in [2.75, 3.05) is 12.4 Å². The Labute approximate surface area is 226 Å². The number of aliphatic hydroxyl groups is 1. The van der Waals surface area contributed by atoms with Gasteiger partial charge in [-0.15, -0.1) is 0 Å². The number of benzene rings is 3. The molecule has 3 aromatic carbocycles. The summed E-state index contributed by atoms with van der Waals surface area (Å²) in [5, 5.41) is 14.5. The van der Waals surface area contributed by atoms with Crippen molar-refractivity contribution in [1.29, 1.82) is 0 Å². The van der Waals surface area contributed by atoms with E-state index in [1.807, 2.05) is 0 Å². The number of aromatic nitrogens is 1. The normalized spacial score (nSPS) is 12.6. The molecule has 0 bridgehead atoms. The van der Waals surface area contributed by atoms with Crippen LogP contribution in [0.15, 0.2) is 83.1 Å². The van der Waals surface area contributed by atoms with E-state index >= 15 is 0 Å². The third-order valence-corrected chi connectivity index (χ3v) is 8.29. The molecule has 1 amide bonds. The van der Waals surface area contributed by atoms with Crippen molar-refractivity contribution in [3.8, 4) is 22.2 Å². The molecule has 0 spiro atoms. The maximum Gasteiger partial charge on any atom is 0.416 e. The first-order valence-electron chi connectivity index (χ1n) is 11.7. The van der Waals surface area contributed by atoms with E-state index in [-0.39, 0.29) is 28.2 Å². The van der Waals surface area contributed by atoms with Gasteiger partial charge in [0.2, 0.25) is 0 Å². The SMILES string of the molecule is CCS(=O)(=O)c1ccc(C(CO)NC(=O)c2ccc(-c3csc(Oc4ccc(C(F)(F)F)cc4)n3)cc2)cc1. The molecule has 7 nitrogen and oxygen atoms in total. The molecule has 1 aromatic heterocycles. The molecule has 0 aliphatic rings. The summed E-state index contributed by atoms with van der Waals surface area (Å²) >= 11 is 1.17. The van der Waals surface area contributed by atoms with Crippen LogP contribution in [0.1, 0.15) is 34.5 Å². The van der Waals surface area contributed by atoms with Crippen LogP contribution in [0, 0.1) is 0 Å². The van der Waals surface area contributed by atoms with E-state index in [2.05, 4.69) is 10.3 Å². The summed E-state index contributed by atoms with van der Waals surface area (Å²) < 4.78 is 67.8. The number of halogens is 3. The van der Waals surface area contributed by atoms with Crippen LogP contribution in [0.5, 0.6) is 10.9 Å². The van der Waals surface area contributed by atoms with Crippen molar-refractivity contribution >= 4 is 27.1 Å². The van der Waals surface area contributed by atoms with Crippen molar-refractivity contribution in [2.24, 2.45) is 0 Å². The third-order valence-electron chi connectivity index (χ3n) is 5.82. The van der Waals surface area contributed by atoms with Gasteiger partial charge in [0, 0.05) is 16.5 Å². The Bertz CT molecular complexity index is 1530. The van der Waals surface area contributed by atoms with E-state index in [0.29, 0.717) is 22.4 Å². The number of ether oxygens (including phenoxy) is 1. The van der Waals surface area contributed by atoms with Crippen molar-refractivity contribution in [1.82, 2.24) is 10.3 Å². The van der Waals surface area contributed by atoms with Gasteiger partial charge in [-0.3, -0.25) is 4.79 Å². The van der Waals surface area contributed by atoms with Gasteiger partial charge in [0.05, 0.1) is 34.6 Å². The number of aliphatic hydroxyl groups excluding tert-OH is 1. The maximum absolute atomic E-state index is 12.8. The predicted octanol–water partition coefficient (Wildman–Crippen LogP) is 5.88. The van der Waals surface area contributed by atoms with E-state index < -0.39 is 33.5 Å². The minimum absolute atomic E-state index is 0.0309. The summed E-state index contributed by atoms with van der Waals surface area (Å²) in [4.78, 5) is 17.3. The van der Waals surface area contributed by atoms with E-state index in [0.717, 1.165) is 12.1 Å². The monoisotopic (exact) mass is 576 g/mol. The van der Waals surface area contributed by atoms with Crippen molar-refractivity contribution in [3.05, 3.63) is 94.9 Å². The summed E-state index contributed by atoms with van der Waals surface area (Å²) in [6, 6.07) is 16.1. The number of thiazole rings is 1. The molecule has 2 N–H and O–H groups in total. The van der Waals surface area contributed by atoms with Crippen LogP contribution in [0.2, 0.25) is 0 Å². The van der Waals surface area contributed by atoms with Crippen LogP contribution < -0.4 is 10.1 Å². The molecular weight excluding hydrogens is 553 g/mol. The lowest BCUT2D eigenvalue weighted by atomic mass is 10.1. The Hall–Kier alpha value is -3.74. The molecule has 0 saturated heterocycles. The zero-order valence-electron chi connectivity index (χ0n) is 20.5.